The maximum Gasteiger partial charge on any atom is 0.267 e. The summed E-state index contributed by atoms with van der Waals surface area (Å²) in [4.78, 5) is 12.0. The number of carbonyl (C=O) groups excluding carboxylic acids is 1. The SMILES string of the molecule is CCn1cc(Br)cc1C(=O)NCCC1CCNC1.Cl. The second kappa shape index (κ2) is 7.92. The van der Waals surface area contributed by atoms with E-state index in [0.717, 1.165) is 48.7 Å². The largest absolute Gasteiger partial charge is 0.351 e. The smallest absolute Gasteiger partial charge is 0.267 e. The summed E-state index contributed by atoms with van der Waals surface area (Å²) in [6.07, 6.45) is 4.23. The van der Waals surface area contributed by atoms with Crippen LogP contribution in [-0.2, 0) is 6.54 Å². The third-order valence-electron chi connectivity index (χ3n) is 3.44. The van der Waals surface area contributed by atoms with Crippen LogP contribution in [0.1, 0.15) is 30.3 Å². The lowest BCUT2D eigenvalue weighted by atomic mass is 10.1. The number of aromatic nitrogens is 1. The summed E-state index contributed by atoms with van der Waals surface area (Å²) >= 11 is 3.41. The van der Waals surface area contributed by atoms with Gasteiger partial charge in [0, 0.05) is 23.8 Å². The summed E-state index contributed by atoms with van der Waals surface area (Å²) in [6, 6.07) is 1.87. The molecule has 2 N–H and O–H groups in total. The second-order valence-corrected chi connectivity index (χ2v) is 5.65. The molecule has 2 heterocycles. The molecule has 2 rings (SSSR count). The highest BCUT2D eigenvalue weighted by molar-refractivity contribution is 9.10. The van der Waals surface area contributed by atoms with Gasteiger partial charge < -0.3 is 15.2 Å². The van der Waals surface area contributed by atoms with E-state index in [1.54, 1.807) is 0 Å². The predicted molar refractivity (Wildman–Crippen MR) is 83.0 cm³/mol. The van der Waals surface area contributed by atoms with E-state index in [1.165, 1.54) is 6.42 Å². The van der Waals surface area contributed by atoms with Crippen molar-refractivity contribution in [3.05, 3.63) is 22.4 Å². The highest BCUT2D eigenvalue weighted by atomic mass is 79.9. The van der Waals surface area contributed by atoms with Crippen molar-refractivity contribution >= 4 is 34.2 Å². The molecule has 4 nitrogen and oxygen atoms in total. The fraction of sp³-hybridized carbons (Fsp3) is 0.615. The van der Waals surface area contributed by atoms with Crippen molar-refractivity contribution in [3.8, 4) is 0 Å². The summed E-state index contributed by atoms with van der Waals surface area (Å²) in [5.74, 6) is 0.739. The molecule has 1 amide bonds. The van der Waals surface area contributed by atoms with Gasteiger partial charge in [0.15, 0.2) is 0 Å². The van der Waals surface area contributed by atoms with Crippen molar-refractivity contribution in [2.75, 3.05) is 19.6 Å². The van der Waals surface area contributed by atoms with Crippen molar-refractivity contribution in [1.29, 1.82) is 0 Å². The van der Waals surface area contributed by atoms with Crippen molar-refractivity contribution in [3.63, 3.8) is 0 Å². The van der Waals surface area contributed by atoms with Crippen LogP contribution in [0.5, 0.6) is 0 Å². The molecule has 0 saturated carbocycles. The van der Waals surface area contributed by atoms with Crippen molar-refractivity contribution in [2.24, 2.45) is 5.92 Å². The minimum atomic E-state index is 0. The van der Waals surface area contributed by atoms with Crippen LogP contribution in [0.15, 0.2) is 16.7 Å². The van der Waals surface area contributed by atoms with Gasteiger partial charge in [-0.1, -0.05) is 0 Å². The third-order valence-corrected chi connectivity index (χ3v) is 3.87. The second-order valence-electron chi connectivity index (χ2n) is 4.73. The van der Waals surface area contributed by atoms with Crippen molar-refractivity contribution < 1.29 is 4.79 Å². The van der Waals surface area contributed by atoms with Crippen molar-refractivity contribution in [1.82, 2.24) is 15.2 Å². The molecule has 0 aliphatic carbocycles. The fourth-order valence-electron chi connectivity index (χ4n) is 2.37. The minimum absolute atomic E-state index is 0. The molecule has 1 unspecified atom stereocenters. The van der Waals surface area contributed by atoms with E-state index in [1.807, 2.05) is 23.8 Å². The Morgan fingerprint density at radius 3 is 3.05 bits per heavy atom. The number of nitrogens with zero attached hydrogens (tertiary/aromatic N) is 1. The van der Waals surface area contributed by atoms with Gasteiger partial charge in [0.2, 0.25) is 0 Å². The average molecular weight is 351 g/mol. The summed E-state index contributed by atoms with van der Waals surface area (Å²) in [7, 11) is 0. The predicted octanol–water partition coefficient (Wildman–Crippen LogP) is 2.42. The molecule has 0 bridgehead atoms. The van der Waals surface area contributed by atoms with E-state index in [4.69, 9.17) is 0 Å². The van der Waals surface area contributed by atoms with Gasteiger partial charge in [-0.25, -0.2) is 0 Å². The number of carbonyl (C=O) groups is 1. The normalized spacial score (nSPS) is 18.1. The zero-order valence-electron chi connectivity index (χ0n) is 11.1. The zero-order valence-corrected chi connectivity index (χ0v) is 13.5. The maximum absolute atomic E-state index is 12.0. The molecular formula is C13H21BrClN3O. The van der Waals surface area contributed by atoms with Crippen LogP contribution in [0.2, 0.25) is 0 Å². The lowest BCUT2D eigenvalue weighted by Crippen LogP contribution is -2.28. The highest BCUT2D eigenvalue weighted by Gasteiger charge is 2.15. The number of amides is 1. The van der Waals surface area contributed by atoms with Crippen LogP contribution in [0, 0.1) is 5.92 Å². The molecule has 6 heteroatoms. The first-order valence-corrected chi connectivity index (χ1v) is 7.34. The van der Waals surface area contributed by atoms with Gasteiger partial charge >= 0.3 is 0 Å². The zero-order chi connectivity index (χ0) is 13.0. The summed E-state index contributed by atoms with van der Waals surface area (Å²) in [6.45, 7) is 5.81. The Hall–Kier alpha value is -0.520. The molecule has 1 aromatic rings. The Labute approximate surface area is 128 Å². The molecule has 0 radical (unpaired) electrons. The number of hydrogen-bond acceptors (Lipinski definition) is 2. The Kier molecular flexibility index (Phi) is 6.89. The van der Waals surface area contributed by atoms with Gasteiger partial charge in [-0.2, -0.15) is 0 Å². The first-order chi connectivity index (χ1) is 8.70. The number of aryl methyl sites for hydroxylation is 1. The molecule has 1 fully saturated rings. The quantitative estimate of drug-likeness (QED) is 0.857. The molecule has 1 saturated heterocycles. The molecule has 1 atom stereocenters. The van der Waals surface area contributed by atoms with E-state index >= 15 is 0 Å². The van der Waals surface area contributed by atoms with E-state index in [9.17, 15) is 4.79 Å². The molecule has 1 aliphatic heterocycles. The van der Waals surface area contributed by atoms with E-state index in [2.05, 4.69) is 26.6 Å². The summed E-state index contributed by atoms with van der Waals surface area (Å²) < 4.78 is 2.91. The first-order valence-electron chi connectivity index (χ1n) is 6.55. The van der Waals surface area contributed by atoms with Gasteiger partial charge in [0.25, 0.3) is 5.91 Å². The number of hydrogen-bond donors (Lipinski definition) is 2. The maximum atomic E-state index is 12.0. The van der Waals surface area contributed by atoms with Crippen LogP contribution in [0.4, 0.5) is 0 Å². The lowest BCUT2D eigenvalue weighted by Gasteiger charge is -2.10. The number of halogens is 2. The Bertz CT molecular complexity index is 416. The Morgan fingerprint density at radius 2 is 2.42 bits per heavy atom. The Morgan fingerprint density at radius 1 is 1.63 bits per heavy atom. The molecule has 0 aromatic carbocycles. The van der Waals surface area contributed by atoms with Gasteiger partial charge in [0.05, 0.1) is 0 Å². The van der Waals surface area contributed by atoms with Gasteiger partial charge in [0.1, 0.15) is 5.69 Å². The molecule has 0 spiro atoms. The average Bonchev–Trinajstić information content (AvgIpc) is 2.98. The monoisotopic (exact) mass is 349 g/mol. The minimum Gasteiger partial charge on any atom is -0.351 e. The van der Waals surface area contributed by atoms with Gasteiger partial charge in [-0.3, -0.25) is 4.79 Å². The first kappa shape index (κ1) is 16.5. The van der Waals surface area contributed by atoms with Gasteiger partial charge in [-0.05, 0) is 60.8 Å². The number of rotatable bonds is 5. The van der Waals surface area contributed by atoms with E-state index in [0.29, 0.717) is 0 Å². The molecule has 1 aliphatic rings. The van der Waals surface area contributed by atoms with Crippen LogP contribution in [-0.4, -0.2) is 30.1 Å². The Balaban J connectivity index is 0.00000180. The molecular weight excluding hydrogens is 330 g/mol. The van der Waals surface area contributed by atoms with Crippen LogP contribution in [0.25, 0.3) is 0 Å². The highest BCUT2D eigenvalue weighted by Crippen LogP contribution is 2.15. The lowest BCUT2D eigenvalue weighted by molar-refractivity contribution is 0.0942. The topological polar surface area (TPSA) is 46.1 Å². The molecule has 108 valence electrons. The van der Waals surface area contributed by atoms with E-state index < -0.39 is 0 Å². The van der Waals surface area contributed by atoms with Gasteiger partial charge in [-0.15, -0.1) is 12.4 Å². The number of nitrogens with one attached hydrogen (secondary N) is 2. The van der Waals surface area contributed by atoms with Crippen LogP contribution < -0.4 is 10.6 Å². The van der Waals surface area contributed by atoms with Crippen LogP contribution >= 0.6 is 28.3 Å². The fourth-order valence-corrected chi connectivity index (χ4v) is 2.83. The summed E-state index contributed by atoms with van der Waals surface area (Å²) in [5.41, 5.74) is 0.730. The molecule has 1 aromatic heterocycles. The van der Waals surface area contributed by atoms with Crippen molar-refractivity contribution in [2.45, 2.75) is 26.3 Å². The van der Waals surface area contributed by atoms with Crippen LogP contribution in [0.3, 0.4) is 0 Å². The van der Waals surface area contributed by atoms with E-state index in [-0.39, 0.29) is 18.3 Å². The standard InChI is InChI=1S/C13H20BrN3O.ClH/c1-2-17-9-11(14)7-12(17)13(18)16-6-4-10-3-5-15-8-10;/h7,9-10,15H,2-6,8H2,1H3,(H,16,18);1H. The third kappa shape index (κ3) is 4.51. The molecule has 19 heavy (non-hydrogen) atoms. The summed E-state index contributed by atoms with van der Waals surface area (Å²) in [5, 5.41) is 6.35.